The second-order valence-corrected chi connectivity index (χ2v) is 8.02. The summed E-state index contributed by atoms with van der Waals surface area (Å²) in [7, 11) is 0. The van der Waals surface area contributed by atoms with Crippen molar-refractivity contribution < 1.29 is 9.59 Å². The van der Waals surface area contributed by atoms with Crippen molar-refractivity contribution in [2.24, 2.45) is 17.8 Å². The van der Waals surface area contributed by atoms with Crippen LogP contribution in [0.25, 0.3) is 0 Å². The van der Waals surface area contributed by atoms with Gasteiger partial charge < -0.3 is 4.90 Å². The number of carbonyl (C=O) groups excluding carboxylic acids is 2. The topological polar surface area (TPSA) is 61.2 Å². The van der Waals surface area contributed by atoms with Crippen LogP contribution >= 0.6 is 0 Å². The Morgan fingerprint density at radius 2 is 1.71 bits per heavy atom. The molecule has 1 heterocycles. The molecule has 1 amide bonds. The summed E-state index contributed by atoms with van der Waals surface area (Å²) in [4.78, 5) is 28.5. The van der Waals surface area contributed by atoms with Gasteiger partial charge in [-0.3, -0.25) is 9.59 Å². The number of rotatable bonds is 3. The van der Waals surface area contributed by atoms with Gasteiger partial charge in [-0.15, -0.1) is 0 Å². The van der Waals surface area contributed by atoms with Crippen LogP contribution in [0.15, 0.2) is 60.7 Å². The molecular formula is C24H24N2O2. The Morgan fingerprint density at radius 3 is 2.36 bits per heavy atom. The molecule has 2 unspecified atom stereocenters. The molecule has 1 saturated heterocycles. The Morgan fingerprint density at radius 1 is 1.07 bits per heavy atom. The van der Waals surface area contributed by atoms with E-state index in [1.807, 2.05) is 72.5 Å². The molecule has 2 fully saturated rings. The number of nitriles is 1. The van der Waals surface area contributed by atoms with Crippen LogP contribution in [0.3, 0.4) is 0 Å². The fourth-order valence-electron chi connectivity index (χ4n) is 5.19. The number of benzene rings is 2. The second kappa shape index (κ2) is 7.24. The standard InChI is InChI=1S/C24H24N2O2/c1-17-21-12-13-26(16-18-8-4-2-5-9-18)23(28)24(21,14-19(15-25)22(17)27)20-10-6-3-7-11-20/h2-11,17,19,21H,12-14,16H2,1H3/t17-,19?,21-,24?/m0/s1. The number of likely N-dealkylation sites (tertiary alicyclic amines) is 1. The van der Waals surface area contributed by atoms with E-state index >= 15 is 0 Å². The van der Waals surface area contributed by atoms with Gasteiger partial charge in [0.25, 0.3) is 0 Å². The quantitative estimate of drug-likeness (QED) is 0.825. The maximum absolute atomic E-state index is 13.9. The lowest BCUT2D eigenvalue weighted by molar-refractivity contribution is -0.154. The lowest BCUT2D eigenvalue weighted by Gasteiger charge is -2.52. The summed E-state index contributed by atoms with van der Waals surface area (Å²) in [5, 5.41) is 9.62. The molecule has 2 aromatic rings. The summed E-state index contributed by atoms with van der Waals surface area (Å²) in [6, 6.07) is 21.9. The van der Waals surface area contributed by atoms with Crippen molar-refractivity contribution in [3.8, 4) is 6.07 Å². The van der Waals surface area contributed by atoms with Gasteiger partial charge in [-0.25, -0.2) is 0 Å². The van der Waals surface area contributed by atoms with Gasteiger partial charge in [0.1, 0.15) is 5.92 Å². The first-order valence-corrected chi connectivity index (χ1v) is 9.90. The Balaban J connectivity index is 1.78. The molecule has 0 aromatic heterocycles. The minimum absolute atomic E-state index is 0.0108. The first-order chi connectivity index (χ1) is 13.6. The average Bonchev–Trinajstić information content (AvgIpc) is 2.74. The van der Waals surface area contributed by atoms with Crippen molar-refractivity contribution in [3.05, 3.63) is 71.8 Å². The zero-order chi connectivity index (χ0) is 19.7. The predicted octanol–water partition coefficient (Wildman–Crippen LogP) is 3.72. The molecule has 4 rings (SSSR count). The molecule has 142 valence electrons. The zero-order valence-corrected chi connectivity index (χ0v) is 16.0. The molecule has 0 N–H and O–H groups in total. The zero-order valence-electron chi connectivity index (χ0n) is 16.0. The Labute approximate surface area is 165 Å². The number of hydrogen-bond donors (Lipinski definition) is 0. The summed E-state index contributed by atoms with van der Waals surface area (Å²) < 4.78 is 0. The van der Waals surface area contributed by atoms with E-state index in [1.165, 1.54) is 0 Å². The number of fused-ring (bicyclic) bond motifs is 1. The van der Waals surface area contributed by atoms with Crippen molar-refractivity contribution >= 4 is 11.7 Å². The van der Waals surface area contributed by atoms with Crippen molar-refractivity contribution in [3.63, 3.8) is 0 Å². The van der Waals surface area contributed by atoms with Crippen LogP contribution < -0.4 is 0 Å². The molecule has 2 aliphatic rings. The molecule has 2 aromatic carbocycles. The SMILES string of the molecule is C[C@@H]1C(=O)C(C#N)CC2(c3ccccc3)C(=O)N(Cc3ccccc3)CC[C@@H]12. The highest BCUT2D eigenvalue weighted by atomic mass is 16.2. The van der Waals surface area contributed by atoms with Gasteiger partial charge in [0.15, 0.2) is 5.78 Å². The molecule has 4 heteroatoms. The first kappa shape index (κ1) is 18.4. The van der Waals surface area contributed by atoms with Crippen LogP contribution in [0.2, 0.25) is 0 Å². The van der Waals surface area contributed by atoms with Crippen molar-refractivity contribution in [2.45, 2.75) is 31.7 Å². The largest absolute Gasteiger partial charge is 0.338 e. The molecule has 0 spiro atoms. The summed E-state index contributed by atoms with van der Waals surface area (Å²) in [5.74, 6) is -1.04. The summed E-state index contributed by atoms with van der Waals surface area (Å²) in [6.07, 6.45) is 1.06. The van der Waals surface area contributed by atoms with E-state index in [1.54, 1.807) is 0 Å². The van der Waals surface area contributed by atoms with Gasteiger partial charge in [0.05, 0.1) is 11.5 Å². The maximum Gasteiger partial charge on any atom is 0.233 e. The Bertz CT molecular complexity index is 919. The number of carbonyl (C=O) groups is 2. The van der Waals surface area contributed by atoms with Crippen molar-refractivity contribution in [1.82, 2.24) is 4.90 Å². The second-order valence-electron chi connectivity index (χ2n) is 8.02. The molecule has 4 atom stereocenters. The summed E-state index contributed by atoms with van der Waals surface area (Å²) in [6.45, 7) is 3.09. The Kier molecular flexibility index (Phi) is 4.77. The highest BCUT2D eigenvalue weighted by Crippen LogP contribution is 2.52. The highest BCUT2D eigenvalue weighted by Gasteiger charge is 2.59. The first-order valence-electron chi connectivity index (χ1n) is 9.90. The lowest BCUT2D eigenvalue weighted by atomic mass is 9.53. The van der Waals surface area contributed by atoms with Gasteiger partial charge >= 0.3 is 0 Å². The van der Waals surface area contributed by atoms with E-state index in [0.29, 0.717) is 13.1 Å². The van der Waals surface area contributed by atoms with Crippen LogP contribution in [-0.4, -0.2) is 23.1 Å². The molecule has 1 saturated carbocycles. The number of hydrogen-bond acceptors (Lipinski definition) is 3. The van der Waals surface area contributed by atoms with Crippen LogP contribution in [-0.2, 0) is 21.5 Å². The van der Waals surface area contributed by atoms with Crippen LogP contribution in [0, 0.1) is 29.1 Å². The molecule has 0 radical (unpaired) electrons. The third-order valence-corrected chi connectivity index (χ3v) is 6.59. The van der Waals surface area contributed by atoms with E-state index in [0.717, 1.165) is 17.5 Å². The summed E-state index contributed by atoms with van der Waals surface area (Å²) >= 11 is 0. The third kappa shape index (κ3) is 2.82. The number of Topliss-reactive ketones (excluding diaryl/α,β-unsaturated/α-hetero) is 1. The number of ketones is 1. The number of piperidine rings is 1. The average molecular weight is 372 g/mol. The Hall–Kier alpha value is -2.93. The predicted molar refractivity (Wildman–Crippen MR) is 106 cm³/mol. The van der Waals surface area contributed by atoms with E-state index in [9.17, 15) is 14.9 Å². The molecule has 28 heavy (non-hydrogen) atoms. The van der Waals surface area contributed by atoms with Gasteiger partial charge in [0.2, 0.25) is 5.91 Å². The van der Waals surface area contributed by atoms with Gasteiger partial charge in [-0.2, -0.15) is 5.26 Å². The third-order valence-electron chi connectivity index (χ3n) is 6.59. The van der Waals surface area contributed by atoms with E-state index in [-0.39, 0.29) is 29.9 Å². The molecule has 0 bridgehead atoms. The maximum atomic E-state index is 13.9. The smallest absolute Gasteiger partial charge is 0.233 e. The number of nitrogens with zero attached hydrogens (tertiary/aromatic N) is 2. The molecule has 1 aliphatic carbocycles. The molecule has 1 aliphatic heterocycles. The van der Waals surface area contributed by atoms with Crippen LogP contribution in [0.5, 0.6) is 0 Å². The normalized spacial score (nSPS) is 29.9. The van der Waals surface area contributed by atoms with Crippen LogP contribution in [0.4, 0.5) is 0 Å². The van der Waals surface area contributed by atoms with Crippen molar-refractivity contribution in [1.29, 1.82) is 5.26 Å². The molecular weight excluding hydrogens is 348 g/mol. The lowest BCUT2D eigenvalue weighted by Crippen LogP contribution is -2.62. The summed E-state index contributed by atoms with van der Waals surface area (Å²) in [5.41, 5.74) is 1.22. The fourth-order valence-corrected chi connectivity index (χ4v) is 5.19. The van der Waals surface area contributed by atoms with E-state index < -0.39 is 11.3 Å². The minimum Gasteiger partial charge on any atom is -0.338 e. The van der Waals surface area contributed by atoms with Crippen molar-refractivity contribution in [2.75, 3.05) is 6.54 Å². The fraction of sp³-hybridized carbons (Fsp3) is 0.375. The van der Waals surface area contributed by atoms with Crippen LogP contribution in [0.1, 0.15) is 30.9 Å². The van der Waals surface area contributed by atoms with Gasteiger partial charge in [-0.05, 0) is 29.9 Å². The molecule has 4 nitrogen and oxygen atoms in total. The minimum atomic E-state index is -0.804. The monoisotopic (exact) mass is 372 g/mol. The highest BCUT2D eigenvalue weighted by molar-refractivity contribution is 5.95. The number of amides is 1. The van der Waals surface area contributed by atoms with Gasteiger partial charge in [0, 0.05) is 19.0 Å². The van der Waals surface area contributed by atoms with E-state index in [4.69, 9.17) is 0 Å². The van der Waals surface area contributed by atoms with Gasteiger partial charge in [-0.1, -0.05) is 67.6 Å². The van der Waals surface area contributed by atoms with E-state index in [2.05, 4.69) is 6.07 Å².